The molecule has 0 amide bonds. The van der Waals surface area contributed by atoms with Gasteiger partial charge < -0.3 is 4.57 Å². The van der Waals surface area contributed by atoms with E-state index in [1.807, 2.05) is 0 Å². The Kier molecular flexibility index (Phi) is 2.42. The molecule has 3 heterocycles. The third-order valence-corrected chi connectivity index (χ3v) is 4.28. The van der Waals surface area contributed by atoms with E-state index >= 15 is 0 Å². The lowest BCUT2D eigenvalue weighted by molar-refractivity contribution is 0.419. The fourth-order valence-electron chi connectivity index (χ4n) is 3.70. The Hall–Kier alpha value is -0.980. The highest BCUT2D eigenvalue weighted by atomic mass is 15.1. The minimum absolute atomic E-state index is 0.836. The maximum atomic E-state index is 2.69. The van der Waals surface area contributed by atoms with Crippen LogP contribution in [-0.2, 0) is 19.3 Å². The van der Waals surface area contributed by atoms with E-state index < -0.39 is 0 Å². The summed E-state index contributed by atoms with van der Waals surface area (Å²) in [6.45, 7) is 4.44. The summed E-state index contributed by atoms with van der Waals surface area (Å²) in [7, 11) is 0. The number of rotatable bonds is 2. The lowest BCUT2D eigenvalue weighted by Gasteiger charge is -2.23. The van der Waals surface area contributed by atoms with Crippen molar-refractivity contribution in [2.24, 2.45) is 0 Å². The third-order valence-electron chi connectivity index (χ3n) is 4.28. The van der Waals surface area contributed by atoms with E-state index in [0.29, 0.717) is 0 Å². The summed E-state index contributed by atoms with van der Waals surface area (Å²) in [5.74, 6) is 0. The quantitative estimate of drug-likeness (QED) is 0.705. The first-order valence-electron chi connectivity index (χ1n) is 6.74. The Morgan fingerprint density at radius 3 is 2.88 bits per heavy atom. The summed E-state index contributed by atoms with van der Waals surface area (Å²) in [5, 5.41) is 0. The molecular formula is C15H21N. The summed E-state index contributed by atoms with van der Waals surface area (Å²) in [5.41, 5.74) is 6.50. The van der Waals surface area contributed by atoms with Crippen LogP contribution in [0.25, 0.3) is 6.08 Å². The molecule has 0 saturated carbocycles. The van der Waals surface area contributed by atoms with Crippen LogP contribution in [-0.4, -0.2) is 4.57 Å². The molecule has 86 valence electrons. The van der Waals surface area contributed by atoms with Crippen LogP contribution in [0.5, 0.6) is 0 Å². The van der Waals surface area contributed by atoms with E-state index in [0.717, 1.165) is 6.04 Å². The smallest absolute Gasteiger partial charge is 0.0340 e. The van der Waals surface area contributed by atoms with Gasteiger partial charge in [0.1, 0.15) is 0 Å². The van der Waals surface area contributed by atoms with Crippen LogP contribution in [0.4, 0.5) is 0 Å². The van der Waals surface area contributed by atoms with Crippen LogP contribution in [0.2, 0.25) is 0 Å². The minimum atomic E-state index is 0.836. The van der Waals surface area contributed by atoms with Crippen molar-refractivity contribution >= 4 is 6.08 Å². The second-order valence-electron chi connectivity index (χ2n) is 5.09. The number of hydrogen-bond acceptors (Lipinski definition) is 0. The largest absolute Gasteiger partial charge is 0.345 e. The number of nitrogens with zero attached hydrogens (tertiary/aromatic N) is 1. The molecule has 2 aliphatic heterocycles. The van der Waals surface area contributed by atoms with Gasteiger partial charge in [-0.3, -0.25) is 0 Å². The van der Waals surface area contributed by atoms with E-state index in [1.54, 1.807) is 22.5 Å². The first-order valence-corrected chi connectivity index (χ1v) is 6.74. The third kappa shape index (κ3) is 1.24. The molecule has 16 heavy (non-hydrogen) atoms. The molecule has 0 radical (unpaired) electrons. The van der Waals surface area contributed by atoms with Crippen molar-refractivity contribution in [3.05, 3.63) is 28.6 Å². The number of allylic oxidation sites excluding steroid dienone is 1. The summed E-state index contributed by atoms with van der Waals surface area (Å²) in [6, 6.07) is 0.836. The highest BCUT2D eigenvalue weighted by Gasteiger charge is 2.32. The van der Waals surface area contributed by atoms with Gasteiger partial charge in [0.15, 0.2) is 0 Å². The average Bonchev–Trinajstić information content (AvgIpc) is 2.85. The maximum Gasteiger partial charge on any atom is 0.0340 e. The van der Waals surface area contributed by atoms with Crippen LogP contribution in [0.15, 0.2) is 6.08 Å². The van der Waals surface area contributed by atoms with E-state index in [1.165, 1.54) is 38.5 Å². The molecule has 3 rings (SSSR count). The fourth-order valence-corrected chi connectivity index (χ4v) is 3.70. The second-order valence-corrected chi connectivity index (χ2v) is 5.09. The van der Waals surface area contributed by atoms with E-state index in [2.05, 4.69) is 30.6 Å². The van der Waals surface area contributed by atoms with Crippen LogP contribution in [0, 0.1) is 0 Å². The SMILES string of the molecule is C/C=C\c1c(CC)c2n3c1CCC3CCC2. The normalized spacial score (nSPS) is 23.0. The molecule has 0 saturated heterocycles. The molecule has 1 heteroatoms. The van der Waals surface area contributed by atoms with Gasteiger partial charge in [0, 0.05) is 17.4 Å². The predicted molar refractivity (Wildman–Crippen MR) is 68.8 cm³/mol. The van der Waals surface area contributed by atoms with Crippen LogP contribution >= 0.6 is 0 Å². The predicted octanol–water partition coefficient (Wildman–Crippen LogP) is 3.91. The Bertz CT molecular complexity index is 433. The first kappa shape index (κ1) is 10.2. The van der Waals surface area contributed by atoms with Gasteiger partial charge in [-0.1, -0.05) is 19.1 Å². The van der Waals surface area contributed by atoms with Crippen molar-refractivity contribution in [1.29, 1.82) is 0 Å². The Morgan fingerprint density at radius 2 is 2.12 bits per heavy atom. The molecule has 0 aromatic carbocycles. The Morgan fingerprint density at radius 1 is 1.25 bits per heavy atom. The fraction of sp³-hybridized carbons (Fsp3) is 0.600. The van der Waals surface area contributed by atoms with Gasteiger partial charge in [-0.05, 0) is 56.6 Å². The average molecular weight is 215 g/mol. The summed E-state index contributed by atoms with van der Waals surface area (Å²) >= 11 is 0. The van der Waals surface area contributed by atoms with Gasteiger partial charge in [0.25, 0.3) is 0 Å². The summed E-state index contributed by atoms with van der Waals surface area (Å²) in [4.78, 5) is 0. The van der Waals surface area contributed by atoms with Crippen LogP contribution in [0.1, 0.15) is 61.7 Å². The highest BCUT2D eigenvalue weighted by molar-refractivity contribution is 5.60. The monoisotopic (exact) mass is 215 g/mol. The molecule has 1 aromatic rings. The van der Waals surface area contributed by atoms with E-state index in [4.69, 9.17) is 0 Å². The van der Waals surface area contributed by atoms with Crippen molar-refractivity contribution in [2.45, 2.75) is 58.4 Å². The number of aromatic nitrogens is 1. The molecule has 1 unspecified atom stereocenters. The lowest BCUT2D eigenvalue weighted by Crippen LogP contribution is -2.14. The Labute approximate surface area is 98.2 Å². The summed E-state index contributed by atoms with van der Waals surface area (Å²) in [6.07, 6.45) is 12.5. The van der Waals surface area contributed by atoms with Crippen molar-refractivity contribution in [3.8, 4) is 0 Å². The molecule has 0 N–H and O–H groups in total. The molecule has 0 fully saturated rings. The maximum absolute atomic E-state index is 2.69. The van der Waals surface area contributed by atoms with Crippen LogP contribution < -0.4 is 0 Å². The van der Waals surface area contributed by atoms with Gasteiger partial charge in [0.2, 0.25) is 0 Å². The van der Waals surface area contributed by atoms with Gasteiger partial charge in [-0.15, -0.1) is 0 Å². The van der Waals surface area contributed by atoms with Gasteiger partial charge in [-0.2, -0.15) is 0 Å². The van der Waals surface area contributed by atoms with Gasteiger partial charge in [0.05, 0.1) is 0 Å². The van der Waals surface area contributed by atoms with Crippen molar-refractivity contribution in [1.82, 2.24) is 4.57 Å². The molecule has 2 aliphatic rings. The van der Waals surface area contributed by atoms with Gasteiger partial charge in [-0.25, -0.2) is 0 Å². The van der Waals surface area contributed by atoms with Gasteiger partial charge >= 0.3 is 0 Å². The molecule has 0 bridgehead atoms. The topological polar surface area (TPSA) is 4.93 Å². The van der Waals surface area contributed by atoms with Crippen molar-refractivity contribution in [3.63, 3.8) is 0 Å². The van der Waals surface area contributed by atoms with E-state index in [-0.39, 0.29) is 0 Å². The van der Waals surface area contributed by atoms with E-state index in [9.17, 15) is 0 Å². The zero-order valence-electron chi connectivity index (χ0n) is 10.4. The van der Waals surface area contributed by atoms with Crippen LogP contribution in [0.3, 0.4) is 0 Å². The molecule has 0 spiro atoms. The van der Waals surface area contributed by atoms with Crippen molar-refractivity contribution in [2.75, 3.05) is 0 Å². The first-order chi connectivity index (χ1) is 7.86. The molecule has 0 aliphatic carbocycles. The zero-order valence-corrected chi connectivity index (χ0v) is 10.4. The molecule has 1 aromatic heterocycles. The Balaban J connectivity index is 2.22. The second kappa shape index (κ2) is 3.80. The standard InChI is InChI=1S/C15H21N/c1-3-6-13-12(4-2)14-8-5-7-11-9-10-15(13)16(11)14/h3,6,11H,4-5,7-10H2,1-2H3/b6-3-. The number of hydrogen-bond donors (Lipinski definition) is 0. The lowest BCUT2D eigenvalue weighted by atomic mass is 9.95. The molecule has 1 atom stereocenters. The zero-order chi connectivity index (χ0) is 11.1. The molecular weight excluding hydrogens is 194 g/mol. The minimum Gasteiger partial charge on any atom is -0.345 e. The summed E-state index contributed by atoms with van der Waals surface area (Å²) < 4.78 is 2.69. The van der Waals surface area contributed by atoms with Crippen molar-refractivity contribution < 1.29 is 0 Å². The molecule has 1 nitrogen and oxygen atoms in total. The highest BCUT2D eigenvalue weighted by Crippen LogP contribution is 2.42.